The van der Waals surface area contributed by atoms with Gasteiger partial charge in [-0.25, -0.2) is 0 Å². The Hall–Kier alpha value is -2.37. The summed E-state index contributed by atoms with van der Waals surface area (Å²) in [5.41, 5.74) is 0.237. The third-order valence-electron chi connectivity index (χ3n) is 2.73. The van der Waals surface area contributed by atoms with Gasteiger partial charge in [0, 0.05) is 12.2 Å². The van der Waals surface area contributed by atoms with Gasteiger partial charge in [-0.1, -0.05) is 12.1 Å². The van der Waals surface area contributed by atoms with E-state index in [9.17, 15) is 18.3 Å². The molecule has 0 atom stereocenters. The molecule has 2 aromatic carbocycles. The summed E-state index contributed by atoms with van der Waals surface area (Å²) in [6, 6.07) is 9.08. The van der Waals surface area contributed by atoms with E-state index in [4.69, 9.17) is 5.11 Å². The van der Waals surface area contributed by atoms with Crippen LogP contribution < -0.4 is 5.32 Å². The second-order valence-electron chi connectivity index (χ2n) is 4.26. The molecule has 3 nitrogen and oxygen atoms in total. The van der Waals surface area contributed by atoms with Crippen LogP contribution in [-0.4, -0.2) is 10.2 Å². The predicted octanol–water partition coefficient (Wildman–Crippen LogP) is 3.73. The SMILES string of the molecule is Oc1ccc(CNc2cccc(C(F)(F)F)c2)cc1O. The molecular formula is C14H12F3NO2. The number of halogens is 3. The van der Waals surface area contributed by atoms with Crippen molar-refractivity contribution in [1.82, 2.24) is 0 Å². The van der Waals surface area contributed by atoms with E-state index in [0.717, 1.165) is 12.1 Å². The summed E-state index contributed by atoms with van der Waals surface area (Å²) in [7, 11) is 0. The lowest BCUT2D eigenvalue weighted by atomic mass is 10.1. The number of alkyl halides is 3. The van der Waals surface area contributed by atoms with Gasteiger partial charge in [-0.2, -0.15) is 13.2 Å². The van der Waals surface area contributed by atoms with Crippen LogP contribution in [0.25, 0.3) is 0 Å². The zero-order valence-corrected chi connectivity index (χ0v) is 10.3. The summed E-state index contributed by atoms with van der Waals surface area (Å²) in [5, 5.41) is 21.3. The molecule has 0 aliphatic heterocycles. The first-order valence-corrected chi connectivity index (χ1v) is 5.78. The zero-order chi connectivity index (χ0) is 14.8. The molecule has 2 aromatic rings. The Balaban J connectivity index is 2.09. The molecule has 0 radical (unpaired) electrons. The average Bonchev–Trinajstić information content (AvgIpc) is 2.39. The number of rotatable bonds is 3. The lowest BCUT2D eigenvalue weighted by molar-refractivity contribution is -0.137. The molecule has 0 saturated carbocycles. The van der Waals surface area contributed by atoms with Crippen LogP contribution in [-0.2, 0) is 12.7 Å². The van der Waals surface area contributed by atoms with E-state index in [0.29, 0.717) is 11.3 Å². The zero-order valence-electron chi connectivity index (χ0n) is 10.3. The molecule has 0 aliphatic rings. The maximum absolute atomic E-state index is 12.5. The molecule has 0 spiro atoms. The molecule has 0 unspecified atom stereocenters. The van der Waals surface area contributed by atoms with Crippen LogP contribution in [0.5, 0.6) is 11.5 Å². The molecule has 106 valence electrons. The second kappa shape index (κ2) is 5.32. The molecule has 3 N–H and O–H groups in total. The third kappa shape index (κ3) is 3.34. The van der Waals surface area contributed by atoms with Gasteiger partial charge in [-0.15, -0.1) is 0 Å². The number of nitrogens with one attached hydrogen (secondary N) is 1. The van der Waals surface area contributed by atoms with E-state index >= 15 is 0 Å². The maximum Gasteiger partial charge on any atom is 0.416 e. The van der Waals surface area contributed by atoms with Gasteiger partial charge in [0.2, 0.25) is 0 Å². The lowest BCUT2D eigenvalue weighted by Gasteiger charge is -2.11. The molecule has 6 heteroatoms. The van der Waals surface area contributed by atoms with Gasteiger partial charge in [0.05, 0.1) is 5.56 Å². The summed E-state index contributed by atoms with van der Waals surface area (Å²) in [6.07, 6.45) is -4.38. The number of phenolic OH excluding ortho intramolecular Hbond substituents is 2. The average molecular weight is 283 g/mol. The highest BCUT2D eigenvalue weighted by Gasteiger charge is 2.30. The molecule has 0 aliphatic carbocycles. The van der Waals surface area contributed by atoms with Crippen molar-refractivity contribution in [2.45, 2.75) is 12.7 Å². The van der Waals surface area contributed by atoms with E-state index in [1.807, 2.05) is 0 Å². The molecule has 0 amide bonds. The molecular weight excluding hydrogens is 271 g/mol. The second-order valence-corrected chi connectivity index (χ2v) is 4.26. The fraction of sp³-hybridized carbons (Fsp3) is 0.143. The number of benzene rings is 2. The van der Waals surface area contributed by atoms with Crippen molar-refractivity contribution in [3.63, 3.8) is 0 Å². The largest absolute Gasteiger partial charge is 0.504 e. The molecule has 20 heavy (non-hydrogen) atoms. The highest BCUT2D eigenvalue weighted by molar-refractivity contribution is 5.48. The summed E-state index contributed by atoms with van der Waals surface area (Å²) in [4.78, 5) is 0. The van der Waals surface area contributed by atoms with Gasteiger partial charge in [0.25, 0.3) is 0 Å². The number of hydrogen-bond donors (Lipinski definition) is 3. The number of aromatic hydroxyl groups is 2. The highest BCUT2D eigenvalue weighted by Crippen LogP contribution is 2.31. The minimum absolute atomic E-state index is 0.231. The van der Waals surface area contributed by atoms with Crippen LogP contribution in [0, 0.1) is 0 Å². The van der Waals surface area contributed by atoms with Crippen LogP contribution in [0.2, 0.25) is 0 Å². The smallest absolute Gasteiger partial charge is 0.416 e. The van der Waals surface area contributed by atoms with Crippen molar-refractivity contribution < 1.29 is 23.4 Å². The summed E-state index contributed by atoms with van der Waals surface area (Å²) >= 11 is 0. The minimum Gasteiger partial charge on any atom is -0.504 e. The van der Waals surface area contributed by atoms with Gasteiger partial charge < -0.3 is 15.5 Å². The number of anilines is 1. The van der Waals surface area contributed by atoms with E-state index in [1.54, 1.807) is 6.07 Å². The third-order valence-corrected chi connectivity index (χ3v) is 2.73. The van der Waals surface area contributed by atoms with Crippen LogP contribution in [0.3, 0.4) is 0 Å². The Labute approximate surface area is 113 Å². The summed E-state index contributed by atoms with van der Waals surface area (Å²) < 4.78 is 37.6. The molecule has 0 heterocycles. The molecule has 0 fully saturated rings. The van der Waals surface area contributed by atoms with Crippen LogP contribution in [0.15, 0.2) is 42.5 Å². The molecule has 0 bridgehead atoms. The Morgan fingerprint density at radius 2 is 1.70 bits per heavy atom. The summed E-state index contributed by atoms with van der Waals surface area (Å²) in [6.45, 7) is 0.231. The standard InChI is InChI=1S/C14H12F3NO2/c15-14(16,17)10-2-1-3-11(7-10)18-8-9-4-5-12(19)13(20)6-9/h1-7,18-20H,8H2. The first-order valence-electron chi connectivity index (χ1n) is 5.78. The van der Waals surface area contributed by atoms with Crippen LogP contribution in [0.1, 0.15) is 11.1 Å². The van der Waals surface area contributed by atoms with E-state index < -0.39 is 11.7 Å². The van der Waals surface area contributed by atoms with Gasteiger partial charge in [0.15, 0.2) is 11.5 Å². The van der Waals surface area contributed by atoms with Gasteiger partial charge >= 0.3 is 6.18 Å². The van der Waals surface area contributed by atoms with Crippen molar-refractivity contribution in [3.8, 4) is 11.5 Å². The highest BCUT2D eigenvalue weighted by atomic mass is 19.4. The quantitative estimate of drug-likeness (QED) is 0.752. The van der Waals surface area contributed by atoms with E-state index in [1.165, 1.54) is 24.3 Å². The van der Waals surface area contributed by atoms with Crippen LogP contribution >= 0.6 is 0 Å². The van der Waals surface area contributed by atoms with Crippen molar-refractivity contribution in [3.05, 3.63) is 53.6 Å². The Morgan fingerprint density at radius 3 is 2.35 bits per heavy atom. The number of hydrogen-bond acceptors (Lipinski definition) is 3. The Kier molecular flexibility index (Phi) is 3.74. The van der Waals surface area contributed by atoms with Gasteiger partial charge in [-0.05, 0) is 35.9 Å². The van der Waals surface area contributed by atoms with Crippen molar-refractivity contribution >= 4 is 5.69 Å². The first-order chi connectivity index (χ1) is 9.36. The minimum atomic E-state index is -4.38. The van der Waals surface area contributed by atoms with Crippen molar-refractivity contribution in [2.75, 3.05) is 5.32 Å². The predicted molar refractivity (Wildman–Crippen MR) is 68.5 cm³/mol. The maximum atomic E-state index is 12.5. The van der Waals surface area contributed by atoms with Crippen molar-refractivity contribution in [1.29, 1.82) is 0 Å². The number of phenols is 2. The van der Waals surface area contributed by atoms with Gasteiger partial charge in [-0.3, -0.25) is 0 Å². The molecule has 0 aromatic heterocycles. The fourth-order valence-electron chi connectivity index (χ4n) is 1.69. The Bertz CT molecular complexity index is 612. The topological polar surface area (TPSA) is 52.5 Å². The fourth-order valence-corrected chi connectivity index (χ4v) is 1.69. The van der Waals surface area contributed by atoms with E-state index in [-0.39, 0.29) is 18.0 Å². The van der Waals surface area contributed by atoms with Crippen LogP contribution in [0.4, 0.5) is 18.9 Å². The van der Waals surface area contributed by atoms with Crippen molar-refractivity contribution in [2.24, 2.45) is 0 Å². The molecule has 0 saturated heterocycles. The monoisotopic (exact) mass is 283 g/mol. The lowest BCUT2D eigenvalue weighted by Crippen LogP contribution is -2.06. The normalized spacial score (nSPS) is 11.3. The van der Waals surface area contributed by atoms with E-state index in [2.05, 4.69) is 5.32 Å². The first kappa shape index (κ1) is 14.0. The summed E-state index contributed by atoms with van der Waals surface area (Å²) in [5.74, 6) is -0.513. The molecule has 2 rings (SSSR count). The van der Waals surface area contributed by atoms with Gasteiger partial charge in [0.1, 0.15) is 0 Å². The Morgan fingerprint density at radius 1 is 0.950 bits per heavy atom.